The molecule has 0 bridgehead atoms. The van der Waals surface area contributed by atoms with Crippen molar-refractivity contribution in [1.29, 1.82) is 0 Å². The van der Waals surface area contributed by atoms with E-state index in [0.717, 1.165) is 34.8 Å². The van der Waals surface area contributed by atoms with Gasteiger partial charge in [-0.25, -0.2) is 4.99 Å². The van der Waals surface area contributed by atoms with E-state index >= 15 is 0 Å². The number of nitrogens with zero attached hydrogens (tertiary/aromatic N) is 3. The molecule has 0 amide bonds. The van der Waals surface area contributed by atoms with Crippen LogP contribution >= 0.6 is 11.8 Å². The zero-order valence-corrected chi connectivity index (χ0v) is 16.1. The first-order valence-electron chi connectivity index (χ1n) is 9.40. The average molecular weight is 385 g/mol. The molecule has 2 aliphatic rings. The SMILES string of the molecule is C[C@@H](O)[C@@H]1CS/C(=N\c2ccc([N+](=O)[O-])c3ccccc23)N1C1CCCC1. The molecule has 2 atom stereocenters. The lowest BCUT2D eigenvalue weighted by Gasteiger charge is -2.33. The number of benzene rings is 2. The van der Waals surface area contributed by atoms with Crippen LogP contribution in [0.2, 0.25) is 0 Å². The predicted molar refractivity (Wildman–Crippen MR) is 110 cm³/mol. The average Bonchev–Trinajstić information content (AvgIpc) is 3.31. The van der Waals surface area contributed by atoms with Crippen molar-refractivity contribution in [3.05, 3.63) is 46.5 Å². The van der Waals surface area contributed by atoms with Crippen molar-refractivity contribution >= 4 is 39.1 Å². The van der Waals surface area contributed by atoms with Crippen molar-refractivity contribution in [3.63, 3.8) is 0 Å². The quantitative estimate of drug-likeness (QED) is 0.620. The van der Waals surface area contributed by atoms with Gasteiger partial charge in [-0.2, -0.15) is 0 Å². The number of hydrogen-bond donors (Lipinski definition) is 1. The van der Waals surface area contributed by atoms with Crippen LogP contribution < -0.4 is 0 Å². The number of aliphatic hydroxyl groups is 1. The Labute approximate surface area is 162 Å². The van der Waals surface area contributed by atoms with Crippen molar-refractivity contribution in [1.82, 2.24) is 4.90 Å². The summed E-state index contributed by atoms with van der Waals surface area (Å²) in [6.45, 7) is 1.84. The molecule has 0 spiro atoms. The van der Waals surface area contributed by atoms with Gasteiger partial charge < -0.3 is 10.0 Å². The summed E-state index contributed by atoms with van der Waals surface area (Å²) in [6, 6.07) is 11.1. The number of non-ortho nitro benzene ring substituents is 1. The van der Waals surface area contributed by atoms with Crippen LogP contribution in [0.5, 0.6) is 0 Å². The first-order chi connectivity index (χ1) is 13.1. The van der Waals surface area contributed by atoms with E-state index in [2.05, 4.69) is 4.90 Å². The van der Waals surface area contributed by atoms with Crippen LogP contribution in [-0.4, -0.2) is 44.0 Å². The molecule has 1 aliphatic heterocycles. The predicted octanol–water partition coefficient (Wildman–Crippen LogP) is 4.48. The van der Waals surface area contributed by atoms with Crippen molar-refractivity contribution in [2.24, 2.45) is 4.99 Å². The monoisotopic (exact) mass is 385 g/mol. The fraction of sp³-hybridized carbons (Fsp3) is 0.450. The molecule has 0 radical (unpaired) electrons. The number of fused-ring (bicyclic) bond motifs is 1. The Morgan fingerprint density at radius 2 is 1.93 bits per heavy atom. The maximum atomic E-state index is 11.3. The fourth-order valence-electron chi connectivity index (χ4n) is 4.15. The van der Waals surface area contributed by atoms with Crippen LogP contribution in [-0.2, 0) is 0 Å². The van der Waals surface area contributed by atoms with Crippen molar-refractivity contribution in [3.8, 4) is 0 Å². The molecule has 7 heteroatoms. The Morgan fingerprint density at radius 1 is 1.22 bits per heavy atom. The van der Waals surface area contributed by atoms with Gasteiger partial charge >= 0.3 is 0 Å². The highest BCUT2D eigenvalue weighted by molar-refractivity contribution is 8.14. The number of hydrogen-bond acceptors (Lipinski definition) is 5. The summed E-state index contributed by atoms with van der Waals surface area (Å²) >= 11 is 1.67. The van der Waals surface area contributed by atoms with E-state index in [4.69, 9.17) is 4.99 Å². The molecule has 1 aliphatic carbocycles. The van der Waals surface area contributed by atoms with Gasteiger partial charge in [0.25, 0.3) is 5.69 Å². The second-order valence-electron chi connectivity index (χ2n) is 7.27. The lowest BCUT2D eigenvalue weighted by Crippen LogP contribution is -2.46. The van der Waals surface area contributed by atoms with Gasteiger partial charge in [-0.05, 0) is 31.9 Å². The van der Waals surface area contributed by atoms with Gasteiger partial charge in [-0.15, -0.1) is 0 Å². The third kappa shape index (κ3) is 3.41. The highest BCUT2D eigenvalue weighted by atomic mass is 32.2. The summed E-state index contributed by atoms with van der Waals surface area (Å²) in [7, 11) is 0. The number of nitro groups is 1. The Kier molecular flexibility index (Phi) is 5.06. The largest absolute Gasteiger partial charge is 0.391 e. The van der Waals surface area contributed by atoms with Gasteiger partial charge in [0.15, 0.2) is 5.17 Å². The summed E-state index contributed by atoms with van der Waals surface area (Å²) in [4.78, 5) is 18.2. The number of amidine groups is 1. The van der Waals surface area contributed by atoms with Crippen LogP contribution in [0.15, 0.2) is 41.4 Å². The standard InChI is InChI=1S/C20H23N3O3S/c1-13(24)19-12-27-20(22(19)14-6-2-3-7-14)21-17-10-11-18(23(25)26)16-9-5-4-8-15(16)17/h4-5,8-11,13-14,19,24H,2-3,6-7,12H2,1H3/b21-20-/t13-,19+/m1/s1. The van der Waals surface area contributed by atoms with Gasteiger partial charge in [0.1, 0.15) is 0 Å². The minimum atomic E-state index is -0.417. The van der Waals surface area contributed by atoms with Crippen LogP contribution in [0.4, 0.5) is 11.4 Å². The summed E-state index contributed by atoms with van der Waals surface area (Å²) in [5.74, 6) is 0.817. The van der Waals surface area contributed by atoms with Crippen molar-refractivity contribution in [2.75, 3.05) is 5.75 Å². The minimum Gasteiger partial charge on any atom is -0.391 e. The molecule has 1 saturated heterocycles. The Bertz CT molecular complexity index is 893. The van der Waals surface area contributed by atoms with Gasteiger partial charge in [-0.3, -0.25) is 10.1 Å². The minimum absolute atomic E-state index is 0.0705. The van der Waals surface area contributed by atoms with Crippen LogP contribution in [0.25, 0.3) is 10.8 Å². The van der Waals surface area contributed by atoms with E-state index in [1.807, 2.05) is 25.1 Å². The Morgan fingerprint density at radius 3 is 2.59 bits per heavy atom. The highest BCUT2D eigenvalue weighted by Gasteiger charge is 2.39. The fourth-order valence-corrected chi connectivity index (χ4v) is 5.51. The molecule has 2 aromatic carbocycles. The molecular formula is C20H23N3O3S. The molecular weight excluding hydrogens is 362 g/mol. The molecule has 1 saturated carbocycles. The van der Waals surface area contributed by atoms with E-state index in [1.165, 1.54) is 18.9 Å². The van der Waals surface area contributed by atoms with E-state index in [1.54, 1.807) is 23.9 Å². The van der Waals surface area contributed by atoms with Gasteiger partial charge in [0, 0.05) is 23.2 Å². The first kappa shape index (κ1) is 18.3. The summed E-state index contributed by atoms with van der Waals surface area (Å²) in [5, 5.41) is 23.9. The third-order valence-corrected chi connectivity index (χ3v) is 6.60. The third-order valence-electron chi connectivity index (χ3n) is 5.53. The number of aliphatic imine (C=N–C) groups is 1. The second kappa shape index (κ2) is 7.48. The Hall–Kier alpha value is -2.12. The molecule has 2 aromatic rings. The van der Waals surface area contributed by atoms with Gasteiger partial charge in [0.2, 0.25) is 0 Å². The molecule has 1 heterocycles. The molecule has 142 valence electrons. The lowest BCUT2D eigenvalue weighted by atomic mass is 10.1. The number of aliphatic hydroxyl groups excluding tert-OH is 1. The number of nitro benzene ring substituents is 1. The van der Waals surface area contributed by atoms with Crippen LogP contribution in [0.3, 0.4) is 0 Å². The van der Waals surface area contributed by atoms with E-state index < -0.39 is 6.10 Å². The normalized spacial score (nSPS) is 23.4. The van der Waals surface area contributed by atoms with E-state index in [-0.39, 0.29) is 16.7 Å². The van der Waals surface area contributed by atoms with Gasteiger partial charge in [-0.1, -0.05) is 42.8 Å². The topological polar surface area (TPSA) is 79.0 Å². The summed E-state index contributed by atoms with van der Waals surface area (Å²) < 4.78 is 0. The molecule has 0 aromatic heterocycles. The van der Waals surface area contributed by atoms with E-state index in [0.29, 0.717) is 11.4 Å². The molecule has 27 heavy (non-hydrogen) atoms. The number of thioether (sulfide) groups is 1. The maximum Gasteiger partial charge on any atom is 0.277 e. The smallest absolute Gasteiger partial charge is 0.277 e. The maximum absolute atomic E-state index is 11.3. The summed E-state index contributed by atoms with van der Waals surface area (Å²) in [5.41, 5.74) is 0.844. The highest BCUT2D eigenvalue weighted by Crippen LogP contribution is 2.38. The molecule has 4 rings (SSSR count). The van der Waals surface area contributed by atoms with Crippen LogP contribution in [0, 0.1) is 10.1 Å². The zero-order chi connectivity index (χ0) is 19.0. The zero-order valence-electron chi connectivity index (χ0n) is 15.2. The van der Waals surface area contributed by atoms with Gasteiger partial charge in [0.05, 0.1) is 28.1 Å². The van der Waals surface area contributed by atoms with Crippen molar-refractivity contribution < 1.29 is 10.0 Å². The molecule has 2 fully saturated rings. The van der Waals surface area contributed by atoms with E-state index in [9.17, 15) is 15.2 Å². The molecule has 1 N–H and O–H groups in total. The Balaban J connectivity index is 1.78. The van der Waals surface area contributed by atoms with Crippen molar-refractivity contribution in [2.45, 2.75) is 50.8 Å². The second-order valence-corrected chi connectivity index (χ2v) is 8.25. The molecule has 6 nitrogen and oxygen atoms in total. The molecule has 0 unspecified atom stereocenters. The summed E-state index contributed by atoms with van der Waals surface area (Å²) in [6.07, 6.45) is 4.27. The number of rotatable bonds is 4. The first-order valence-corrected chi connectivity index (χ1v) is 10.4. The lowest BCUT2D eigenvalue weighted by molar-refractivity contribution is -0.383. The van der Waals surface area contributed by atoms with Crippen LogP contribution in [0.1, 0.15) is 32.6 Å².